The van der Waals surface area contributed by atoms with E-state index in [-0.39, 0.29) is 48.0 Å². The number of esters is 1. The number of rotatable bonds is 24. The number of ether oxygens (including phenoxy) is 5. The molecule has 2 fully saturated rings. The number of carbonyl (C=O) groups excluding carboxylic acids is 7. The summed E-state index contributed by atoms with van der Waals surface area (Å²) in [6, 6.07) is 20.5. The number of unbranched alkanes of at least 4 members (excludes halogenated alkanes) is 4. The Morgan fingerprint density at radius 1 is 0.753 bits per heavy atom. The van der Waals surface area contributed by atoms with Gasteiger partial charge in [-0.2, -0.15) is 0 Å². The summed E-state index contributed by atoms with van der Waals surface area (Å²) < 4.78 is 29.6. The first-order valence-electron chi connectivity index (χ1n) is 25.7. The minimum Gasteiger partial charge on any atom is -0.493 e. The molecule has 4 aromatic carbocycles. The fourth-order valence-corrected chi connectivity index (χ4v) is 10.1. The summed E-state index contributed by atoms with van der Waals surface area (Å²) in [4.78, 5) is 95.1. The predicted molar refractivity (Wildman–Crippen MR) is 273 cm³/mol. The Labute approximate surface area is 428 Å². The van der Waals surface area contributed by atoms with E-state index in [0.717, 1.165) is 59.3 Å². The van der Waals surface area contributed by atoms with Crippen molar-refractivity contribution < 1.29 is 57.2 Å². The van der Waals surface area contributed by atoms with Gasteiger partial charge < -0.3 is 28.6 Å². The standard InChI is InChI=1S/C58H69N3O12/c1-7-44(41-32-38(4)53(70-6)50(34-41)69-5)55(65)60-29-13-12-21-47(60)58(68)73-48(27-25-39-24-23-36(2)37(3)31-39)40-17-15-19-43(33-40)72-35-42(62)18-11-9-8-10-14-30-71-49-22-16-20-45-52(49)57(67)61(56(45)66)46-26-28-51(63)59-54(46)64/h15-17,19-20,22-24,31-34,44,46-48H,7-14,18,21,25-30,35H2,1-6H3,(H,59,63,64)/t44-,46?,47?,48+/m0/s1. The van der Waals surface area contributed by atoms with Gasteiger partial charge >= 0.3 is 5.97 Å². The monoisotopic (exact) mass is 999 g/mol. The van der Waals surface area contributed by atoms with Crippen LogP contribution in [-0.4, -0.2) is 97.2 Å². The second kappa shape index (κ2) is 25.1. The highest BCUT2D eigenvalue weighted by Crippen LogP contribution is 2.38. The third kappa shape index (κ3) is 13.0. The van der Waals surface area contributed by atoms with Crippen LogP contribution < -0.4 is 24.3 Å². The molecule has 0 bridgehead atoms. The van der Waals surface area contributed by atoms with Crippen molar-refractivity contribution in [1.29, 1.82) is 0 Å². The number of Topliss-reactive ketones (excluding diaryl/α,β-unsaturated/α-hetero) is 1. The van der Waals surface area contributed by atoms with E-state index in [0.29, 0.717) is 75.3 Å². The van der Waals surface area contributed by atoms with Crippen molar-refractivity contribution >= 4 is 41.3 Å². The lowest BCUT2D eigenvalue weighted by molar-refractivity contribution is -0.162. The van der Waals surface area contributed by atoms with Crippen molar-refractivity contribution in [3.8, 4) is 23.0 Å². The van der Waals surface area contributed by atoms with Crippen LogP contribution in [0.4, 0.5) is 0 Å². The molecule has 3 aliphatic rings. The third-order valence-corrected chi connectivity index (χ3v) is 14.3. The summed E-state index contributed by atoms with van der Waals surface area (Å²) in [5.41, 5.74) is 6.18. The molecule has 4 atom stereocenters. The number of hydrogen-bond donors (Lipinski definition) is 1. The minimum atomic E-state index is -1.05. The molecule has 2 unspecified atom stereocenters. The molecule has 0 saturated carbocycles. The second-order valence-electron chi connectivity index (χ2n) is 19.4. The summed E-state index contributed by atoms with van der Waals surface area (Å²) in [6.07, 6.45) is 7.43. The summed E-state index contributed by atoms with van der Waals surface area (Å²) in [7, 11) is 3.16. The molecule has 5 amide bonds. The van der Waals surface area contributed by atoms with E-state index in [1.54, 1.807) is 37.3 Å². The Balaban J connectivity index is 0.908. The zero-order valence-electron chi connectivity index (χ0n) is 43.1. The summed E-state index contributed by atoms with van der Waals surface area (Å²) in [6.45, 7) is 8.70. The third-order valence-electron chi connectivity index (χ3n) is 14.3. The first kappa shape index (κ1) is 53.8. The summed E-state index contributed by atoms with van der Waals surface area (Å²) in [5.74, 6) is -1.46. The molecule has 73 heavy (non-hydrogen) atoms. The number of imide groups is 2. The lowest BCUT2D eigenvalue weighted by atomic mass is 9.91. The van der Waals surface area contributed by atoms with Gasteiger partial charge in [-0.25, -0.2) is 4.79 Å². The first-order valence-corrected chi connectivity index (χ1v) is 25.7. The van der Waals surface area contributed by atoms with Crippen LogP contribution in [0.2, 0.25) is 0 Å². The molecule has 0 spiro atoms. The lowest BCUT2D eigenvalue weighted by Crippen LogP contribution is -2.54. The van der Waals surface area contributed by atoms with Crippen molar-refractivity contribution in [1.82, 2.24) is 15.1 Å². The Bertz CT molecular complexity index is 2700. The van der Waals surface area contributed by atoms with Crippen LogP contribution in [0.1, 0.15) is 157 Å². The predicted octanol–water partition coefficient (Wildman–Crippen LogP) is 9.19. The average molecular weight is 1000 g/mol. The van der Waals surface area contributed by atoms with Gasteiger partial charge in [-0.05, 0) is 142 Å². The van der Waals surface area contributed by atoms with Gasteiger partial charge in [0.25, 0.3) is 11.8 Å². The smallest absolute Gasteiger partial charge is 0.329 e. The van der Waals surface area contributed by atoms with Crippen LogP contribution >= 0.6 is 0 Å². The number of nitrogens with one attached hydrogen (secondary N) is 1. The van der Waals surface area contributed by atoms with Crippen molar-refractivity contribution in [2.45, 2.75) is 142 Å². The number of amides is 5. The molecule has 388 valence electrons. The van der Waals surface area contributed by atoms with Crippen LogP contribution in [-0.2, 0) is 35.1 Å². The van der Waals surface area contributed by atoms with Crippen molar-refractivity contribution in [3.63, 3.8) is 0 Å². The number of methoxy groups -OCH3 is 2. The number of aryl methyl sites for hydroxylation is 4. The molecular weight excluding hydrogens is 931 g/mol. The Morgan fingerprint density at radius 3 is 2.29 bits per heavy atom. The quantitative estimate of drug-likeness (QED) is 0.0400. The number of benzene rings is 4. The number of ketones is 1. The first-order chi connectivity index (χ1) is 35.2. The van der Waals surface area contributed by atoms with Gasteiger partial charge in [-0.3, -0.25) is 39.0 Å². The molecule has 1 N–H and O–H groups in total. The number of piperidine rings is 2. The normalized spacial score (nSPS) is 17.4. The maximum Gasteiger partial charge on any atom is 0.329 e. The highest BCUT2D eigenvalue weighted by atomic mass is 16.5. The molecule has 0 radical (unpaired) electrons. The highest BCUT2D eigenvalue weighted by molar-refractivity contribution is 6.24. The fourth-order valence-electron chi connectivity index (χ4n) is 10.1. The average Bonchev–Trinajstić information content (AvgIpc) is 3.64. The van der Waals surface area contributed by atoms with Gasteiger partial charge in [0.2, 0.25) is 17.7 Å². The number of hydrogen-bond acceptors (Lipinski definition) is 12. The van der Waals surface area contributed by atoms with E-state index in [2.05, 4.69) is 37.4 Å². The van der Waals surface area contributed by atoms with Gasteiger partial charge in [0.1, 0.15) is 36.3 Å². The van der Waals surface area contributed by atoms with Gasteiger partial charge in [0.15, 0.2) is 17.3 Å². The molecule has 0 aliphatic carbocycles. The summed E-state index contributed by atoms with van der Waals surface area (Å²) >= 11 is 0. The fraction of sp³-hybridized carbons (Fsp3) is 0.466. The van der Waals surface area contributed by atoms with Crippen LogP contribution in [0.3, 0.4) is 0 Å². The molecule has 0 aromatic heterocycles. The molecular formula is C58H69N3O12. The van der Waals surface area contributed by atoms with E-state index in [4.69, 9.17) is 23.7 Å². The van der Waals surface area contributed by atoms with E-state index in [1.807, 2.05) is 44.2 Å². The zero-order valence-corrected chi connectivity index (χ0v) is 43.1. The maximum atomic E-state index is 14.5. The minimum absolute atomic E-state index is 0.0364. The Hall–Kier alpha value is -7.03. The van der Waals surface area contributed by atoms with E-state index in [9.17, 15) is 33.6 Å². The van der Waals surface area contributed by atoms with E-state index >= 15 is 0 Å². The molecule has 3 heterocycles. The van der Waals surface area contributed by atoms with E-state index in [1.165, 1.54) is 17.2 Å². The van der Waals surface area contributed by atoms with E-state index < -0.39 is 53.7 Å². The number of fused-ring (bicyclic) bond motifs is 1. The van der Waals surface area contributed by atoms with Crippen LogP contribution in [0.5, 0.6) is 23.0 Å². The Morgan fingerprint density at radius 2 is 1.53 bits per heavy atom. The number of nitrogens with zero attached hydrogens (tertiary/aromatic N) is 2. The van der Waals surface area contributed by atoms with Gasteiger partial charge in [0, 0.05) is 19.4 Å². The van der Waals surface area contributed by atoms with Gasteiger partial charge in [0.05, 0.1) is 37.9 Å². The van der Waals surface area contributed by atoms with Gasteiger partial charge in [-0.1, -0.05) is 68.7 Å². The van der Waals surface area contributed by atoms with Crippen LogP contribution in [0.25, 0.3) is 0 Å². The zero-order chi connectivity index (χ0) is 52.2. The lowest BCUT2D eigenvalue weighted by Gasteiger charge is -2.37. The van der Waals surface area contributed by atoms with Crippen LogP contribution in [0.15, 0.2) is 72.8 Å². The molecule has 3 aliphatic heterocycles. The van der Waals surface area contributed by atoms with Crippen molar-refractivity contribution in [3.05, 3.63) is 117 Å². The summed E-state index contributed by atoms with van der Waals surface area (Å²) in [5, 5.41) is 2.21. The second-order valence-corrected chi connectivity index (χ2v) is 19.4. The van der Waals surface area contributed by atoms with Crippen LogP contribution in [0, 0.1) is 20.8 Å². The van der Waals surface area contributed by atoms with Gasteiger partial charge in [-0.15, -0.1) is 0 Å². The molecule has 4 aromatic rings. The number of likely N-dealkylation sites (tertiary alicyclic amines) is 1. The maximum absolute atomic E-state index is 14.5. The topological polar surface area (TPSA) is 184 Å². The molecule has 2 saturated heterocycles. The highest BCUT2D eigenvalue weighted by Gasteiger charge is 2.46. The molecule has 15 heteroatoms. The number of carbonyl (C=O) groups is 7. The molecule has 7 rings (SSSR count). The SMILES string of the molecule is CC[C@H](C(=O)N1CCCCC1C(=O)O[C@H](CCc1ccc(C)c(C)c1)c1cccc(OCC(=O)CCCCCCCOc2cccc3c2C(=O)N(C2CCC(=O)NC2=O)C3=O)c1)c1cc(C)c(OC)c(OC)c1. The molecule has 15 nitrogen and oxygen atoms in total. The van der Waals surface area contributed by atoms with Crippen molar-refractivity contribution in [2.75, 3.05) is 34.0 Å². The largest absolute Gasteiger partial charge is 0.493 e. The Kier molecular flexibility index (Phi) is 18.5. The van der Waals surface area contributed by atoms with Crippen molar-refractivity contribution in [2.24, 2.45) is 0 Å².